The van der Waals surface area contributed by atoms with E-state index in [0.29, 0.717) is 6.42 Å². The number of thiazole rings is 1. The Kier molecular flexibility index (Phi) is 3.57. The van der Waals surface area contributed by atoms with Crippen molar-refractivity contribution in [2.24, 2.45) is 5.73 Å². The van der Waals surface area contributed by atoms with Crippen molar-refractivity contribution in [1.82, 2.24) is 4.98 Å². The number of hydrogen-bond acceptors (Lipinski definition) is 4. The minimum atomic E-state index is -1.03. The summed E-state index contributed by atoms with van der Waals surface area (Å²) in [6, 6.07) is 9.52. The Morgan fingerprint density at radius 3 is 2.59 bits per heavy atom. The SMILES string of the molecule is Cc1nc(CC(O)(CN)c2ccccc2)cs1. The lowest BCUT2D eigenvalue weighted by Gasteiger charge is -2.26. The van der Waals surface area contributed by atoms with Crippen molar-refractivity contribution in [3.8, 4) is 0 Å². The van der Waals surface area contributed by atoms with Gasteiger partial charge in [0.1, 0.15) is 5.60 Å². The summed E-state index contributed by atoms with van der Waals surface area (Å²) in [6.07, 6.45) is 0.456. The van der Waals surface area contributed by atoms with Crippen molar-refractivity contribution < 1.29 is 5.11 Å². The van der Waals surface area contributed by atoms with E-state index in [1.54, 1.807) is 11.3 Å². The summed E-state index contributed by atoms with van der Waals surface area (Å²) in [7, 11) is 0. The summed E-state index contributed by atoms with van der Waals surface area (Å²) in [5.74, 6) is 0. The minimum Gasteiger partial charge on any atom is -0.383 e. The maximum absolute atomic E-state index is 10.6. The molecule has 0 aliphatic carbocycles. The standard InChI is InChI=1S/C13H16N2OS/c1-10-15-12(8-17-10)7-13(16,9-14)11-5-3-2-4-6-11/h2-6,8,16H,7,9,14H2,1H3. The Labute approximate surface area is 105 Å². The van der Waals surface area contributed by atoms with E-state index in [1.165, 1.54) is 0 Å². The van der Waals surface area contributed by atoms with Gasteiger partial charge in [0.2, 0.25) is 0 Å². The number of aliphatic hydroxyl groups is 1. The Balaban J connectivity index is 2.26. The number of aryl methyl sites for hydroxylation is 1. The molecule has 0 bridgehead atoms. The minimum absolute atomic E-state index is 0.188. The van der Waals surface area contributed by atoms with E-state index in [0.717, 1.165) is 16.3 Å². The fourth-order valence-corrected chi connectivity index (χ4v) is 2.44. The van der Waals surface area contributed by atoms with Gasteiger partial charge in [-0.15, -0.1) is 11.3 Å². The monoisotopic (exact) mass is 248 g/mol. The molecule has 17 heavy (non-hydrogen) atoms. The van der Waals surface area contributed by atoms with Crippen LogP contribution in [0.2, 0.25) is 0 Å². The predicted octanol–water partition coefficient (Wildman–Crippen LogP) is 1.84. The number of nitrogens with zero attached hydrogens (tertiary/aromatic N) is 1. The van der Waals surface area contributed by atoms with Crippen LogP contribution in [0.25, 0.3) is 0 Å². The summed E-state index contributed by atoms with van der Waals surface area (Å²) in [4.78, 5) is 4.37. The van der Waals surface area contributed by atoms with Gasteiger partial charge in [-0.2, -0.15) is 0 Å². The van der Waals surface area contributed by atoms with Gasteiger partial charge in [-0.1, -0.05) is 30.3 Å². The van der Waals surface area contributed by atoms with Crippen molar-refractivity contribution in [1.29, 1.82) is 0 Å². The Morgan fingerprint density at radius 1 is 1.35 bits per heavy atom. The summed E-state index contributed by atoms with van der Waals surface area (Å²) >= 11 is 1.59. The second-order valence-corrected chi connectivity index (χ2v) is 5.20. The van der Waals surface area contributed by atoms with Gasteiger partial charge in [0.15, 0.2) is 0 Å². The molecule has 1 aromatic carbocycles. The fourth-order valence-electron chi connectivity index (χ4n) is 1.83. The zero-order valence-electron chi connectivity index (χ0n) is 9.76. The van der Waals surface area contributed by atoms with Crippen LogP contribution in [0.15, 0.2) is 35.7 Å². The molecule has 0 saturated heterocycles. The topological polar surface area (TPSA) is 59.1 Å². The van der Waals surface area contributed by atoms with Crippen molar-refractivity contribution >= 4 is 11.3 Å². The fraction of sp³-hybridized carbons (Fsp3) is 0.308. The van der Waals surface area contributed by atoms with Gasteiger partial charge >= 0.3 is 0 Å². The Morgan fingerprint density at radius 2 is 2.06 bits per heavy atom. The lowest BCUT2D eigenvalue weighted by Crippen LogP contribution is -2.37. The van der Waals surface area contributed by atoms with Crippen molar-refractivity contribution in [2.75, 3.05) is 6.54 Å². The third-order valence-electron chi connectivity index (χ3n) is 2.79. The number of rotatable bonds is 4. The average Bonchev–Trinajstić information content (AvgIpc) is 2.75. The van der Waals surface area contributed by atoms with Crippen LogP contribution in [0.1, 0.15) is 16.3 Å². The summed E-state index contributed by atoms with van der Waals surface area (Å²) in [5.41, 5.74) is 6.43. The summed E-state index contributed by atoms with van der Waals surface area (Å²) < 4.78 is 0. The molecule has 0 radical (unpaired) electrons. The highest BCUT2D eigenvalue weighted by Gasteiger charge is 2.28. The van der Waals surface area contributed by atoms with Crippen LogP contribution < -0.4 is 5.73 Å². The molecule has 1 unspecified atom stereocenters. The van der Waals surface area contributed by atoms with E-state index in [-0.39, 0.29) is 6.54 Å². The summed E-state index contributed by atoms with van der Waals surface area (Å²) in [6.45, 7) is 2.14. The first-order chi connectivity index (χ1) is 8.14. The first-order valence-electron chi connectivity index (χ1n) is 5.53. The third kappa shape index (κ3) is 2.72. The van der Waals surface area contributed by atoms with E-state index in [4.69, 9.17) is 5.73 Å². The van der Waals surface area contributed by atoms with Crippen LogP contribution in [0.3, 0.4) is 0 Å². The molecule has 2 aromatic rings. The number of aromatic nitrogens is 1. The van der Waals surface area contributed by atoms with Gasteiger partial charge in [-0.25, -0.2) is 4.98 Å². The molecule has 90 valence electrons. The highest BCUT2D eigenvalue weighted by atomic mass is 32.1. The average molecular weight is 248 g/mol. The molecule has 3 nitrogen and oxygen atoms in total. The first kappa shape index (κ1) is 12.2. The van der Waals surface area contributed by atoms with Crippen LogP contribution in [0, 0.1) is 6.92 Å². The molecule has 0 aliphatic rings. The van der Waals surface area contributed by atoms with E-state index < -0.39 is 5.60 Å². The third-order valence-corrected chi connectivity index (χ3v) is 3.61. The lowest BCUT2D eigenvalue weighted by molar-refractivity contribution is 0.0454. The number of benzene rings is 1. The van der Waals surface area contributed by atoms with Gasteiger partial charge in [-0.3, -0.25) is 0 Å². The van der Waals surface area contributed by atoms with Gasteiger partial charge in [0, 0.05) is 18.3 Å². The van der Waals surface area contributed by atoms with Crippen molar-refractivity contribution in [3.05, 3.63) is 52.0 Å². The van der Waals surface area contributed by atoms with Crippen molar-refractivity contribution in [3.63, 3.8) is 0 Å². The molecule has 0 aliphatic heterocycles. The molecule has 0 saturated carbocycles. The largest absolute Gasteiger partial charge is 0.383 e. The molecule has 1 aromatic heterocycles. The molecule has 2 rings (SSSR count). The molecular formula is C13H16N2OS. The molecule has 4 heteroatoms. The zero-order chi connectivity index (χ0) is 12.3. The highest BCUT2D eigenvalue weighted by molar-refractivity contribution is 7.09. The molecule has 0 amide bonds. The molecule has 0 spiro atoms. The smallest absolute Gasteiger partial charge is 0.107 e. The van der Waals surface area contributed by atoms with E-state index in [1.807, 2.05) is 42.6 Å². The van der Waals surface area contributed by atoms with Crippen LogP contribution in [-0.2, 0) is 12.0 Å². The molecule has 3 N–H and O–H groups in total. The first-order valence-corrected chi connectivity index (χ1v) is 6.41. The van der Waals surface area contributed by atoms with Crippen LogP contribution in [0.5, 0.6) is 0 Å². The van der Waals surface area contributed by atoms with Crippen molar-refractivity contribution in [2.45, 2.75) is 18.9 Å². The molecule has 1 atom stereocenters. The number of nitrogens with two attached hydrogens (primary N) is 1. The second kappa shape index (κ2) is 4.96. The van der Waals surface area contributed by atoms with Gasteiger partial charge in [0.05, 0.1) is 10.7 Å². The zero-order valence-corrected chi connectivity index (χ0v) is 10.6. The van der Waals surface area contributed by atoms with E-state index >= 15 is 0 Å². The number of hydrogen-bond donors (Lipinski definition) is 2. The quantitative estimate of drug-likeness (QED) is 0.868. The Bertz CT molecular complexity index is 483. The normalized spacial score (nSPS) is 14.5. The van der Waals surface area contributed by atoms with E-state index in [2.05, 4.69) is 4.98 Å². The maximum atomic E-state index is 10.6. The molecule has 1 heterocycles. The summed E-state index contributed by atoms with van der Waals surface area (Å²) in [5, 5.41) is 13.6. The highest BCUT2D eigenvalue weighted by Crippen LogP contribution is 2.25. The van der Waals surface area contributed by atoms with Crippen LogP contribution in [-0.4, -0.2) is 16.6 Å². The van der Waals surface area contributed by atoms with Gasteiger partial charge in [-0.05, 0) is 12.5 Å². The van der Waals surface area contributed by atoms with Crippen LogP contribution in [0.4, 0.5) is 0 Å². The van der Waals surface area contributed by atoms with Gasteiger partial charge < -0.3 is 10.8 Å². The van der Waals surface area contributed by atoms with E-state index in [9.17, 15) is 5.11 Å². The predicted molar refractivity (Wildman–Crippen MR) is 69.9 cm³/mol. The lowest BCUT2D eigenvalue weighted by atomic mass is 9.89. The Hall–Kier alpha value is -1.23. The second-order valence-electron chi connectivity index (χ2n) is 4.14. The van der Waals surface area contributed by atoms with Gasteiger partial charge in [0.25, 0.3) is 0 Å². The molecular weight excluding hydrogens is 232 g/mol. The maximum Gasteiger partial charge on any atom is 0.107 e. The molecule has 0 fully saturated rings. The van der Waals surface area contributed by atoms with Crippen LogP contribution >= 0.6 is 11.3 Å².